The Balaban J connectivity index is 1.88. The number of anilines is 2. The third-order valence-electron chi connectivity index (χ3n) is 3.98. The van der Waals surface area contributed by atoms with Crippen molar-refractivity contribution in [2.24, 2.45) is 5.92 Å². The highest BCUT2D eigenvalue weighted by Crippen LogP contribution is 2.47. The number of halogens is 1. The van der Waals surface area contributed by atoms with Crippen LogP contribution in [0.1, 0.15) is 19.8 Å². The highest BCUT2D eigenvalue weighted by atomic mass is 79.9. The highest BCUT2D eigenvalue weighted by molar-refractivity contribution is 9.09. The van der Waals surface area contributed by atoms with Gasteiger partial charge in [0.15, 0.2) is 0 Å². The molecule has 1 atom stereocenters. The van der Waals surface area contributed by atoms with Crippen LogP contribution in [0.5, 0.6) is 0 Å². The van der Waals surface area contributed by atoms with Crippen LogP contribution in [0.25, 0.3) is 0 Å². The van der Waals surface area contributed by atoms with Gasteiger partial charge in [-0.1, -0.05) is 58.9 Å². The van der Waals surface area contributed by atoms with E-state index in [1.54, 1.807) is 0 Å². The van der Waals surface area contributed by atoms with Gasteiger partial charge in [0.1, 0.15) is 0 Å². The van der Waals surface area contributed by atoms with Crippen LogP contribution < -0.4 is 4.90 Å². The van der Waals surface area contributed by atoms with Crippen LogP contribution in [0.3, 0.4) is 0 Å². The molecule has 0 aliphatic carbocycles. The molecule has 110 valence electrons. The van der Waals surface area contributed by atoms with Gasteiger partial charge in [0.2, 0.25) is 0 Å². The number of alkyl halides is 1. The Kier molecular flexibility index (Phi) is 4.91. The van der Waals surface area contributed by atoms with Crippen molar-refractivity contribution in [2.45, 2.75) is 29.6 Å². The van der Waals surface area contributed by atoms with Crippen LogP contribution in [-0.2, 0) is 0 Å². The van der Waals surface area contributed by atoms with Gasteiger partial charge in [-0.05, 0) is 43.0 Å². The summed E-state index contributed by atoms with van der Waals surface area (Å²) in [4.78, 5) is 5.22. The van der Waals surface area contributed by atoms with Crippen molar-refractivity contribution in [3.05, 3.63) is 48.5 Å². The van der Waals surface area contributed by atoms with E-state index in [9.17, 15) is 0 Å². The summed E-state index contributed by atoms with van der Waals surface area (Å²) in [5, 5.41) is 1.09. The van der Waals surface area contributed by atoms with E-state index < -0.39 is 0 Å². The molecule has 1 aliphatic heterocycles. The molecule has 1 nitrogen and oxygen atoms in total. The Labute approximate surface area is 139 Å². The minimum atomic E-state index is 0.748. The largest absolute Gasteiger partial charge is 0.340 e. The second-order valence-corrected chi connectivity index (χ2v) is 7.44. The van der Waals surface area contributed by atoms with Gasteiger partial charge in [-0.15, -0.1) is 0 Å². The van der Waals surface area contributed by atoms with E-state index in [4.69, 9.17) is 0 Å². The molecule has 0 amide bonds. The van der Waals surface area contributed by atoms with Crippen molar-refractivity contribution >= 4 is 39.1 Å². The Bertz CT molecular complexity index is 568. The molecular weight excluding hydrogens is 342 g/mol. The van der Waals surface area contributed by atoms with Crippen molar-refractivity contribution < 1.29 is 0 Å². The van der Waals surface area contributed by atoms with Gasteiger partial charge < -0.3 is 4.90 Å². The van der Waals surface area contributed by atoms with E-state index >= 15 is 0 Å². The zero-order chi connectivity index (χ0) is 14.7. The maximum atomic E-state index is 3.55. The summed E-state index contributed by atoms with van der Waals surface area (Å²) in [5.74, 6) is 0.748. The minimum absolute atomic E-state index is 0.748. The number of nitrogens with zero attached hydrogens (tertiary/aromatic N) is 1. The standard InChI is InChI=1S/C18H20BrNS/c1-14(10-12-19)11-13-20-15-6-2-4-8-17(15)21-18-9-5-3-7-16(18)20/h2-9,14H,10-13H2,1H3. The summed E-state index contributed by atoms with van der Waals surface area (Å²) in [6, 6.07) is 17.5. The Morgan fingerprint density at radius 1 is 0.952 bits per heavy atom. The molecule has 0 spiro atoms. The third-order valence-corrected chi connectivity index (χ3v) is 5.57. The lowest BCUT2D eigenvalue weighted by molar-refractivity contribution is 0.526. The summed E-state index contributed by atoms with van der Waals surface area (Å²) >= 11 is 5.43. The monoisotopic (exact) mass is 361 g/mol. The average molecular weight is 362 g/mol. The van der Waals surface area contributed by atoms with Crippen LogP contribution in [0.4, 0.5) is 11.4 Å². The van der Waals surface area contributed by atoms with Crippen molar-refractivity contribution in [2.75, 3.05) is 16.8 Å². The van der Waals surface area contributed by atoms with Crippen molar-refractivity contribution in [3.8, 4) is 0 Å². The van der Waals surface area contributed by atoms with Crippen LogP contribution in [0.2, 0.25) is 0 Å². The minimum Gasteiger partial charge on any atom is -0.340 e. The third kappa shape index (κ3) is 3.29. The van der Waals surface area contributed by atoms with Gasteiger partial charge in [-0.3, -0.25) is 0 Å². The molecule has 3 rings (SSSR count). The number of fused-ring (bicyclic) bond motifs is 2. The number of benzene rings is 2. The zero-order valence-corrected chi connectivity index (χ0v) is 14.7. The van der Waals surface area contributed by atoms with Crippen LogP contribution in [0, 0.1) is 5.92 Å². The van der Waals surface area contributed by atoms with E-state index in [0.29, 0.717) is 0 Å². The van der Waals surface area contributed by atoms with Gasteiger partial charge >= 0.3 is 0 Å². The van der Waals surface area contributed by atoms with Crippen molar-refractivity contribution in [3.63, 3.8) is 0 Å². The summed E-state index contributed by atoms with van der Waals surface area (Å²) in [7, 11) is 0. The second kappa shape index (κ2) is 6.89. The molecule has 0 aromatic heterocycles. The smallest absolute Gasteiger partial charge is 0.0552 e. The van der Waals surface area contributed by atoms with E-state index in [1.165, 1.54) is 34.0 Å². The van der Waals surface area contributed by atoms with Crippen LogP contribution in [-0.4, -0.2) is 11.9 Å². The molecule has 2 aromatic carbocycles. The summed E-state index contributed by atoms with van der Waals surface area (Å²) in [6.07, 6.45) is 2.46. The fraction of sp³-hybridized carbons (Fsp3) is 0.333. The lowest BCUT2D eigenvalue weighted by Crippen LogP contribution is -2.23. The highest BCUT2D eigenvalue weighted by Gasteiger charge is 2.22. The molecule has 1 heterocycles. The summed E-state index contributed by atoms with van der Waals surface area (Å²) in [5.41, 5.74) is 2.71. The average Bonchev–Trinajstić information content (AvgIpc) is 2.51. The van der Waals surface area contributed by atoms with E-state index in [-0.39, 0.29) is 0 Å². The van der Waals surface area contributed by atoms with Crippen molar-refractivity contribution in [1.82, 2.24) is 0 Å². The van der Waals surface area contributed by atoms with E-state index in [1.807, 2.05) is 11.8 Å². The molecule has 0 fully saturated rings. The lowest BCUT2D eigenvalue weighted by atomic mass is 10.0. The Hall–Kier alpha value is -0.930. The molecule has 0 saturated carbocycles. The molecule has 3 heteroatoms. The maximum Gasteiger partial charge on any atom is 0.0552 e. The van der Waals surface area contributed by atoms with Crippen LogP contribution in [0.15, 0.2) is 58.3 Å². The Morgan fingerprint density at radius 2 is 1.52 bits per heavy atom. The molecule has 2 aromatic rings. The molecule has 0 bridgehead atoms. The lowest BCUT2D eigenvalue weighted by Gasteiger charge is -2.33. The second-order valence-electron chi connectivity index (χ2n) is 5.56. The van der Waals surface area contributed by atoms with Crippen molar-refractivity contribution in [1.29, 1.82) is 0 Å². The molecule has 0 N–H and O–H groups in total. The van der Waals surface area contributed by atoms with Gasteiger partial charge in [-0.25, -0.2) is 0 Å². The van der Waals surface area contributed by atoms with Gasteiger partial charge in [0, 0.05) is 21.7 Å². The number of hydrogen-bond acceptors (Lipinski definition) is 2. The first-order valence-electron chi connectivity index (χ1n) is 7.49. The van der Waals surface area contributed by atoms with E-state index in [2.05, 4.69) is 76.3 Å². The molecule has 1 unspecified atom stereocenters. The summed E-state index contributed by atoms with van der Waals surface area (Å²) in [6.45, 7) is 3.43. The Morgan fingerprint density at radius 3 is 2.10 bits per heavy atom. The quantitative estimate of drug-likeness (QED) is 0.591. The normalized spacial score (nSPS) is 14.5. The first-order valence-corrected chi connectivity index (χ1v) is 9.43. The first kappa shape index (κ1) is 15.0. The first-order chi connectivity index (χ1) is 10.3. The number of para-hydroxylation sites is 2. The van der Waals surface area contributed by atoms with E-state index in [0.717, 1.165) is 17.8 Å². The SMILES string of the molecule is CC(CCBr)CCN1c2ccccc2Sc2ccccc21. The molecular formula is C18H20BrNS. The molecule has 21 heavy (non-hydrogen) atoms. The number of rotatable bonds is 5. The molecule has 0 saturated heterocycles. The van der Waals surface area contributed by atoms with Gasteiger partial charge in [0.25, 0.3) is 0 Å². The van der Waals surface area contributed by atoms with Gasteiger partial charge in [-0.2, -0.15) is 0 Å². The molecule has 1 aliphatic rings. The fourth-order valence-corrected chi connectivity index (χ4v) is 4.58. The van der Waals surface area contributed by atoms with Gasteiger partial charge in [0.05, 0.1) is 11.4 Å². The predicted molar refractivity (Wildman–Crippen MR) is 96.2 cm³/mol. The maximum absolute atomic E-state index is 3.55. The topological polar surface area (TPSA) is 3.24 Å². The number of hydrogen-bond donors (Lipinski definition) is 0. The summed E-state index contributed by atoms with van der Waals surface area (Å²) < 4.78 is 0. The molecule has 0 radical (unpaired) electrons. The zero-order valence-electron chi connectivity index (χ0n) is 12.3. The fourth-order valence-electron chi connectivity index (χ4n) is 2.70. The van der Waals surface area contributed by atoms with Crippen LogP contribution >= 0.6 is 27.7 Å². The predicted octanol–water partition coefficient (Wildman–Crippen LogP) is 6.10.